The van der Waals surface area contributed by atoms with Gasteiger partial charge >= 0.3 is 37.6 Å². The molecule has 123 valence electrons. The van der Waals surface area contributed by atoms with E-state index in [2.05, 4.69) is 67.6 Å². The van der Waals surface area contributed by atoms with Crippen molar-refractivity contribution in [2.75, 3.05) is 0 Å². The first-order valence-electron chi connectivity index (χ1n) is 6.79. The zero-order valence-corrected chi connectivity index (χ0v) is 17.2. The molecule has 0 aromatic heterocycles. The molecule has 0 saturated heterocycles. The number of allylic oxidation sites excluding steroid dienone is 4. The first-order chi connectivity index (χ1) is 9.25. The Kier molecular flexibility index (Phi) is 17.2. The van der Waals surface area contributed by atoms with E-state index < -0.39 is 0 Å². The van der Waals surface area contributed by atoms with E-state index in [9.17, 15) is 0 Å². The molecule has 1 nitrogen and oxygen atoms in total. The second-order valence-electron chi connectivity index (χ2n) is 5.13. The molecule has 1 aliphatic rings. The number of para-hydroxylation sites is 1. The fourth-order valence-electron chi connectivity index (χ4n) is 1.59. The van der Waals surface area contributed by atoms with Crippen LogP contribution in [0, 0.1) is 12.0 Å². The minimum Gasteiger partial charge on any atom is -1.00 e. The maximum atomic E-state index is 8.63. The van der Waals surface area contributed by atoms with Gasteiger partial charge in [0.2, 0.25) is 0 Å². The van der Waals surface area contributed by atoms with Gasteiger partial charge < -0.3 is 29.9 Å². The van der Waals surface area contributed by atoms with E-state index in [1.54, 1.807) is 24.3 Å². The number of halogens is 2. The average molecular weight is 376 g/mol. The third-order valence-electron chi connectivity index (χ3n) is 2.99. The number of benzene rings is 1. The Hall–Kier alpha value is -0.336. The smallest absolute Gasteiger partial charge is 0.115 e. The van der Waals surface area contributed by atoms with Crippen molar-refractivity contribution >= 4 is 3.81 Å². The quantitative estimate of drug-likeness (QED) is 0.449. The van der Waals surface area contributed by atoms with Crippen LogP contribution in [0.1, 0.15) is 41.5 Å². The number of rotatable bonds is 0. The average Bonchev–Trinajstić information content (AvgIpc) is 2.57. The van der Waals surface area contributed by atoms with E-state index in [4.69, 9.17) is 5.11 Å². The largest absolute Gasteiger partial charge is 1.00 e. The summed E-state index contributed by atoms with van der Waals surface area (Å²) in [5.41, 5.74) is 4.25. The SMILES string of the molecule is CC1=[C-]C(C)C(C)=C1C.C[C](C)=[Ti+].Oc1ccccc1.[Cl-].[Cl-]. The summed E-state index contributed by atoms with van der Waals surface area (Å²) in [6.45, 7) is 12.8. The standard InChI is InChI=1S/C9H13.C6H6O.C3H6.2ClH.Ti/c1-6-5-7(2)9(4)8(6)3;7-6-4-2-1-3-5-6;1-3-2;;;/h6H,1-4H3;1-5,7H;1-2H3;2*1H;/q-1;;;;;+1/p-2. The summed E-state index contributed by atoms with van der Waals surface area (Å²) >= 11 is 2.08. The molecule has 0 radical (unpaired) electrons. The molecule has 0 saturated carbocycles. The summed E-state index contributed by atoms with van der Waals surface area (Å²) in [6, 6.07) is 8.71. The summed E-state index contributed by atoms with van der Waals surface area (Å²) in [6.07, 6.45) is 3.36. The van der Waals surface area contributed by atoms with Crippen molar-refractivity contribution in [3.63, 3.8) is 0 Å². The number of hydrogen-bond acceptors (Lipinski definition) is 1. The van der Waals surface area contributed by atoms with Crippen molar-refractivity contribution in [1.29, 1.82) is 0 Å². The van der Waals surface area contributed by atoms with Gasteiger partial charge in [0.1, 0.15) is 5.75 Å². The van der Waals surface area contributed by atoms with E-state index in [1.807, 2.05) is 6.07 Å². The number of aromatic hydroxyl groups is 1. The van der Waals surface area contributed by atoms with Crippen LogP contribution in [-0.4, -0.2) is 8.92 Å². The second kappa shape index (κ2) is 14.3. The molecular weight excluding hydrogens is 351 g/mol. The van der Waals surface area contributed by atoms with E-state index in [0.29, 0.717) is 11.7 Å². The molecule has 1 N–H and O–H groups in total. The second-order valence-corrected chi connectivity index (χ2v) is 6.70. The Labute approximate surface area is 159 Å². The van der Waals surface area contributed by atoms with Gasteiger partial charge in [0.05, 0.1) is 0 Å². The van der Waals surface area contributed by atoms with Gasteiger partial charge in [-0.05, 0) is 12.1 Å². The van der Waals surface area contributed by atoms with Gasteiger partial charge in [0.25, 0.3) is 0 Å². The molecular formula is C18H25Cl2OTi-2. The van der Waals surface area contributed by atoms with Crippen LogP contribution < -0.4 is 24.8 Å². The third kappa shape index (κ3) is 12.2. The molecule has 1 aliphatic carbocycles. The Morgan fingerprint density at radius 2 is 1.45 bits per heavy atom. The zero-order chi connectivity index (χ0) is 15.7. The molecule has 0 bridgehead atoms. The summed E-state index contributed by atoms with van der Waals surface area (Å²) in [5.74, 6) is 0.882. The van der Waals surface area contributed by atoms with Crippen LogP contribution in [0.3, 0.4) is 0 Å². The summed E-state index contributed by atoms with van der Waals surface area (Å²) in [4.78, 5) is 0. The van der Waals surface area contributed by atoms with Gasteiger partial charge in [0.15, 0.2) is 0 Å². The van der Waals surface area contributed by atoms with Crippen molar-refractivity contribution < 1.29 is 49.9 Å². The van der Waals surface area contributed by atoms with Crippen molar-refractivity contribution in [1.82, 2.24) is 0 Å². The fourth-order valence-corrected chi connectivity index (χ4v) is 1.59. The third-order valence-corrected chi connectivity index (χ3v) is 2.99. The van der Waals surface area contributed by atoms with E-state index >= 15 is 0 Å². The van der Waals surface area contributed by atoms with Gasteiger partial charge in [-0.3, -0.25) is 6.08 Å². The summed E-state index contributed by atoms with van der Waals surface area (Å²) < 4.78 is 1.42. The number of phenolic OH excluding ortho intramolecular Hbond substituents is 1. The molecule has 22 heavy (non-hydrogen) atoms. The molecule has 0 heterocycles. The number of hydrogen-bond donors (Lipinski definition) is 1. The Morgan fingerprint density at radius 3 is 1.59 bits per heavy atom. The van der Waals surface area contributed by atoms with Crippen LogP contribution >= 0.6 is 0 Å². The van der Waals surface area contributed by atoms with Gasteiger partial charge in [-0.15, -0.1) is 6.92 Å². The van der Waals surface area contributed by atoms with E-state index in [1.165, 1.54) is 20.5 Å². The minimum atomic E-state index is 0. The molecule has 0 aliphatic heterocycles. The van der Waals surface area contributed by atoms with Crippen LogP contribution in [0.5, 0.6) is 5.75 Å². The Balaban J connectivity index is -0.000000252. The fraction of sp³-hybridized carbons (Fsp3) is 0.389. The minimum absolute atomic E-state index is 0. The van der Waals surface area contributed by atoms with Crippen molar-refractivity contribution in [3.8, 4) is 5.75 Å². The van der Waals surface area contributed by atoms with Crippen LogP contribution in [-0.2, 0) is 20.0 Å². The van der Waals surface area contributed by atoms with Gasteiger partial charge in [-0.25, -0.2) is 5.57 Å². The molecule has 0 spiro atoms. The molecule has 0 amide bonds. The monoisotopic (exact) mass is 375 g/mol. The van der Waals surface area contributed by atoms with Crippen LogP contribution in [0.15, 0.2) is 47.1 Å². The van der Waals surface area contributed by atoms with Crippen LogP contribution in [0.4, 0.5) is 0 Å². The van der Waals surface area contributed by atoms with Crippen LogP contribution in [0.25, 0.3) is 0 Å². The molecule has 1 unspecified atom stereocenters. The molecule has 1 aromatic rings. The first-order valence-corrected chi connectivity index (χ1v) is 7.57. The summed E-state index contributed by atoms with van der Waals surface area (Å²) in [5, 5.41) is 8.63. The zero-order valence-electron chi connectivity index (χ0n) is 14.2. The van der Waals surface area contributed by atoms with E-state index in [0.717, 1.165) is 0 Å². The molecule has 0 fully saturated rings. The Bertz CT molecular complexity index is 489. The molecule has 1 aromatic carbocycles. The first kappa shape index (κ1) is 26.6. The van der Waals surface area contributed by atoms with Crippen molar-refractivity contribution in [3.05, 3.63) is 53.1 Å². The van der Waals surface area contributed by atoms with Gasteiger partial charge in [-0.2, -0.15) is 11.1 Å². The maximum absolute atomic E-state index is 8.63. The predicted molar refractivity (Wildman–Crippen MR) is 84.4 cm³/mol. The molecule has 2 rings (SSSR count). The normalized spacial score (nSPS) is 15.1. The maximum Gasteiger partial charge on any atom is 0.115 e. The Morgan fingerprint density at radius 1 is 1.05 bits per heavy atom. The van der Waals surface area contributed by atoms with E-state index in [-0.39, 0.29) is 24.8 Å². The molecule has 4 heteroatoms. The van der Waals surface area contributed by atoms with Crippen LogP contribution in [0.2, 0.25) is 0 Å². The topological polar surface area (TPSA) is 20.2 Å². The van der Waals surface area contributed by atoms with Gasteiger partial charge in [0, 0.05) is 0 Å². The molecule has 1 atom stereocenters. The number of phenols is 1. The van der Waals surface area contributed by atoms with Crippen molar-refractivity contribution in [2.45, 2.75) is 41.5 Å². The summed E-state index contributed by atoms with van der Waals surface area (Å²) in [7, 11) is 0. The predicted octanol–water partition coefficient (Wildman–Crippen LogP) is -1.13. The van der Waals surface area contributed by atoms with Crippen molar-refractivity contribution in [2.24, 2.45) is 5.92 Å². The van der Waals surface area contributed by atoms with Gasteiger partial charge in [-0.1, -0.05) is 44.9 Å².